The maximum absolute atomic E-state index is 6.06. The fourth-order valence-electron chi connectivity index (χ4n) is 3.71. The third-order valence-electron chi connectivity index (χ3n) is 5.40. The Morgan fingerprint density at radius 3 is 1.88 bits per heavy atom. The molecule has 0 bridgehead atoms. The van der Waals surface area contributed by atoms with E-state index < -0.39 is 0 Å². The Labute approximate surface area is 208 Å². The predicted molar refractivity (Wildman–Crippen MR) is 140 cm³/mol. The molecule has 1 aliphatic heterocycles. The second-order valence-electron chi connectivity index (χ2n) is 7.83. The largest absolute Gasteiger partial charge is 0.489 e. The first kappa shape index (κ1) is 22.9. The van der Waals surface area contributed by atoms with E-state index in [0.717, 1.165) is 35.2 Å². The van der Waals surface area contributed by atoms with E-state index in [4.69, 9.17) is 14.2 Å². The van der Waals surface area contributed by atoms with E-state index in [-0.39, 0.29) is 17.2 Å². The summed E-state index contributed by atoms with van der Waals surface area (Å²) in [5.74, 6) is 3.60. The summed E-state index contributed by atoms with van der Waals surface area (Å²) < 4.78 is 17.6. The molecule has 4 aromatic carbocycles. The van der Waals surface area contributed by atoms with E-state index in [0.29, 0.717) is 6.61 Å². The number of thioether (sulfide) groups is 1. The molecule has 1 atom stereocenters. The lowest BCUT2D eigenvalue weighted by Gasteiger charge is -2.23. The van der Waals surface area contributed by atoms with E-state index in [1.165, 1.54) is 14.7 Å². The molecule has 0 saturated carbocycles. The first-order chi connectivity index (χ1) is 16.8. The van der Waals surface area contributed by atoms with Crippen molar-refractivity contribution >= 4 is 22.7 Å². The molecule has 0 N–H and O–H groups in total. The van der Waals surface area contributed by atoms with Gasteiger partial charge in [-0.05, 0) is 66.2 Å². The molecular weight excluding hydrogens is 460 g/mol. The smallest absolute Gasteiger partial charge is 0.208 e. The molecule has 0 aromatic heterocycles. The second-order valence-corrected chi connectivity index (χ2v) is 11.0. The van der Waals surface area contributed by atoms with Crippen molar-refractivity contribution in [3.8, 4) is 11.5 Å². The van der Waals surface area contributed by atoms with Crippen molar-refractivity contribution in [2.75, 3.05) is 18.1 Å². The van der Waals surface area contributed by atoms with Crippen LogP contribution < -0.4 is 9.47 Å². The van der Waals surface area contributed by atoms with Gasteiger partial charge in [0.2, 0.25) is 6.29 Å². The van der Waals surface area contributed by atoms with Gasteiger partial charge < -0.3 is 14.2 Å². The van der Waals surface area contributed by atoms with Crippen LogP contribution in [0.3, 0.4) is 0 Å². The van der Waals surface area contributed by atoms with E-state index in [2.05, 4.69) is 84.9 Å². The lowest BCUT2D eigenvalue weighted by atomic mass is 10.2. The zero-order chi connectivity index (χ0) is 23.0. The maximum Gasteiger partial charge on any atom is 0.208 e. The molecule has 4 aromatic rings. The van der Waals surface area contributed by atoms with Gasteiger partial charge in [-0.2, -0.15) is 11.8 Å². The van der Waals surface area contributed by atoms with Gasteiger partial charge in [0.1, 0.15) is 18.1 Å². The fourth-order valence-corrected chi connectivity index (χ4v) is 6.53. The number of rotatable bonds is 8. The Morgan fingerprint density at radius 2 is 1.29 bits per heavy atom. The van der Waals surface area contributed by atoms with Gasteiger partial charge in [-0.1, -0.05) is 48.5 Å². The Bertz CT molecular complexity index is 1100. The number of hydrogen-bond donors (Lipinski definition) is 0. The minimum absolute atomic E-state index is 0.150. The molecule has 172 valence electrons. The molecule has 1 heterocycles. The Hall–Kier alpha value is -2.86. The van der Waals surface area contributed by atoms with Crippen molar-refractivity contribution in [1.82, 2.24) is 0 Å². The van der Waals surface area contributed by atoms with Gasteiger partial charge >= 0.3 is 0 Å². The zero-order valence-corrected chi connectivity index (χ0v) is 20.5. The summed E-state index contributed by atoms with van der Waals surface area (Å²) >= 11 is 1.86. The summed E-state index contributed by atoms with van der Waals surface area (Å²) in [6.07, 6.45) is -0.157. The predicted octanol–water partition coefficient (Wildman–Crippen LogP) is 6.83. The molecular formula is C29H27O3S2+. The van der Waals surface area contributed by atoms with Crippen LogP contribution in [0, 0.1) is 0 Å². The molecule has 1 unspecified atom stereocenters. The molecule has 0 radical (unpaired) electrons. The van der Waals surface area contributed by atoms with Gasteiger partial charge in [-0.25, -0.2) is 0 Å². The highest BCUT2D eigenvalue weighted by Crippen LogP contribution is 2.32. The van der Waals surface area contributed by atoms with Crippen LogP contribution in [-0.2, 0) is 22.2 Å². The summed E-state index contributed by atoms with van der Waals surface area (Å²) in [6, 6.07) is 37.9. The Kier molecular flexibility index (Phi) is 7.76. The van der Waals surface area contributed by atoms with Crippen LogP contribution in [0.1, 0.15) is 5.56 Å². The van der Waals surface area contributed by atoms with Gasteiger partial charge in [0, 0.05) is 5.75 Å². The Morgan fingerprint density at radius 1 is 0.706 bits per heavy atom. The highest BCUT2D eigenvalue weighted by Gasteiger charge is 2.28. The summed E-state index contributed by atoms with van der Waals surface area (Å²) in [5.41, 5.74) is 1.10. The minimum atomic E-state index is -0.157. The van der Waals surface area contributed by atoms with Crippen molar-refractivity contribution in [3.63, 3.8) is 0 Å². The molecule has 0 spiro atoms. The van der Waals surface area contributed by atoms with Crippen LogP contribution in [0.4, 0.5) is 0 Å². The Balaban J connectivity index is 1.23. The molecule has 3 nitrogen and oxygen atoms in total. The number of hydrogen-bond acceptors (Lipinski definition) is 4. The van der Waals surface area contributed by atoms with Gasteiger partial charge in [0.05, 0.1) is 23.3 Å². The number of ether oxygens (including phenoxy) is 3. The summed E-state index contributed by atoms with van der Waals surface area (Å²) in [4.78, 5) is 3.89. The summed E-state index contributed by atoms with van der Waals surface area (Å²) in [7, 11) is -0.150. The highest BCUT2D eigenvalue weighted by molar-refractivity contribution is 7.99. The molecule has 34 heavy (non-hydrogen) atoms. The zero-order valence-electron chi connectivity index (χ0n) is 18.8. The third kappa shape index (κ3) is 5.98. The van der Waals surface area contributed by atoms with Crippen LogP contribution in [0.2, 0.25) is 0 Å². The molecule has 0 amide bonds. The summed E-state index contributed by atoms with van der Waals surface area (Å²) in [5, 5.41) is 0. The average molecular weight is 488 g/mol. The van der Waals surface area contributed by atoms with Crippen LogP contribution in [0.15, 0.2) is 124 Å². The molecule has 5 rings (SSSR count). The lowest BCUT2D eigenvalue weighted by molar-refractivity contribution is -0.0611. The SMILES string of the molecule is c1ccc([S+](c2ccccc2)c2ccc(OCc3ccc(OC4CSCCO4)cc3)cc2)cc1. The normalized spacial score (nSPS) is 15.7. The van der Waals surface area contributed by atoms with Crippen molar-refractivity contribution in [2.45, 2.75) is 27.6 Å². The van der Waals surface area contributed by atoms with E-state index in [1.807, 2.05) is 36.0 Å². The first-order valence-electron chi connectivity index (χ1n) is 11.4. The molecule has 1 saturated heterocycles. The van der Waals surface area contributed by atoms with E-state index in [9.17, 15) is 0 Å². The van der Waals surface area contributed by atoms with Gasteiger partial charge in [-0.3, -0.25) is 0 Å². The van der Waals surface area contributed by atoms with Gasteiger partial charge in [0.15, 0.2) is 14.7 Å². The van der Waals surface area contributed by atoms with Crippen LogP contribution in [0.5, 0.6) is 11.5 Å². The molecule has 1 fully saturated rings. The molecule has 1 aliphatic rings. The van der Waals surface area contributed by atoms with Crippen LogP contribution >= 0.6 is 11.8 Å². The van der Waals surface area contributed by atoms with Crippen molar-refractivity contribution in [3.05, 3.63) is 115 Å². The minimum Gasteiger partial charge on any atom is -0.489 e. The highest BCUT2D eigenvalue weighted by atomic mass is 32.2. The second kappa shape index (κ2) is 11.5. The van der Waals surface area contributed by atoms with Gasteiger partial charge in [0.25, 0.3) is 0 Å². The third-order valence-corrected chi connectivity index (χ3v) is 8.59. The maximum atomic E-state index is 6.06. The molecule has 5 heteroatoms. The topological polar surface area (TPSA) is 27.7 Å². The summed E-state index contributed by atoms with van der Waals surface area (Å²) in [6.45, 7) is 1.26. The van der Waals surface area contributed by atoms with E-state index in [1.54, 1.807) is 0 Å². The van der Waals surface area contributed by atoms with Crippen LogP contribution in [-0.4, -0.2) is 24.4 Å². The monoisotopic (exact) mass is 487 g/mol. The fraction of sp³-hybridized carbons (Fsp3) is 0.172. The van der Waals surface area contributed by atoms with Crippen LogP contribution in [0.25, 0.3) is 0 Å². The van der Waals surface area contributed by atoms with Crippen molar-refractivity contribution in [2.24, 2.45) is 0 Å². The van der Waals surface area contributed by atoms with Crippen molar-refractivity contribution in [1.29, 1.82) is 0 Å². The van der Waals surface area contributed by atoms with Gasteiger partial charge in [-0.15, -0.1) is 0 Å². The average Bonchev–Trinajstić information content (AvgIpc) is 2.91. The molecule has 0 aliphatic carbocycles. The number of benzene rings is 4. The first-order valence-corrected chi connectivity index (χ1v) is 13.8. The standard InChI is InChI=1S/C29H27O3S2/c1-3-7-26(8-4-1)34(27-9-5-2-6-10-27)28-17-15-24(16-18-28)31-21-23-11-13-25(14-12-23)32-29-22-33-20-19-30-29/h1-18,29H,19-22H2/q+1. The quantitative estimate of drug-likeness (QED) is 0.255. The lowest BCUT2D eigenvalue weighted by Crippen LogP contribution is -2.28. The van der Waals surface area contributed by atoms with E-state index >= 15 is 0 Å². The van der Waals surface area contributed by atoms with Crippen molar-refractivity contribution < 1.29 is 14.2 Å².